The van der Waals surface area contributed by atoms with Gasteiger partial charge in [0.05, 0.1) is 6.61 Å². The van der Waals surface area contributed by atoms with Gasteiger partial charge in [-0.25, -0.2) is 4.39 Å². The van der Waals surface area contributed by atoms with Crippen LogP contribution in [-0.4, -0.2) is 24.3 Å². The number of rotatable bonds is 3. The third-order valence-corrected chi connectivity index (χ3v) is 4.81. The largest absolute Gasteiger partial charge is 0.465 e. The molecule has 3 unspecified atom stereocenters. The molecule has 0 radical (unpaired) electrons. The van der Waals surface area contributed by atoms with Crippen molar-refractivity contribution in [3.05, 3.63) is 46.9 Å². The zero-order valence-corrected chi connectivity index (χ0v) is 14.2. The first-order valence-corrected chi connectivity index (χ1v) is 8.41. The Hall–Kier alpha value is -2.50. The van der Waals surface area contributed by atoms with Crippen LogP contribution in [0.2, 0.25) is 0 Å². The van der Waals surface area contributed by atoms with E-state index in [1.165, 1.54) is 12.1 Å². The second kappa shape index (κ2) is 6.78. The number of ketones is 1. The molecule has 1 aromatic carbocycles. The summed E-state index contributed by atoms with van der Waals surface area (Å²) in [6.07, 6.45) is 0.522. The number of nitrogens with one attached hydrogen (secondary N) is 1. The summed E-state index contributed by atoms with van der Waals surface area (Å²) in [5, 5.41) is 2.78. The van der Waals surface area contributed by atoms with E-state index in [1.807, 2.05) is 0 Å². The topological polar surface area (TPSA) is 72.5 Å². The van der Waals surface area contributed by atoms with Gasteiger partial charge >= 0.3 is 5.97 Å². The van der Waals surface area contributed by atoms with Crippen LogP contribution in [0.1, 0.15) is 38.2 Å². The van der Waals surface area contributed by atoms with Crippen molar-refractivity contribution in [1.29, 1.82) is 0 Å². The average Bonchev–Trinajstić information content (AvgIpc) is 2.54. The first kappa shape index (κ1) is 17.3. The zero-order chi connectivity index (χ0) is 18.1. The second-order valence-electron chi connectivity index (χ2n) is 6.52. The summed E-state index contributed by atoms with van der Waals surface area (Å²) >= 11 is 0. The molecule has 0 spiro atoms. The Bertz CT molecular complexity index is 753. The number of halogens is 1. The molecule has 5 nitrogen and oxygen atoms in total. The summed E-state index contributed by atoms with van der Waals surface area (Å²) in [5.74, 6) is -2.98. The Morgan fingerprint density at radius 1 is 1.24 bits per heavy atom. The second-order valence-corrected chi connectivity index (χ2v) is 6.52. The van der Waals surface area contributed by atoms with Crippen LogP contribution in [0, 0.1) is 17.7 Å². The minimum atomic E-state index is -0.864. The lowest BCUT2D eigenvalue weighted by molar-refractivity contribution is -0.153. The van der Waals surface area contributed by atoms with Gasteiger partial charge in [-0.15, -0.1) is 0 Å². The monoisotopic (exact) mass is 345 g/mol. The Morgan fingerprint density at radius 2 is 1.92 bits per heavy atom. The molecule has 1 heterocycles. The summed E-state index contributed by atoms with van der Waals surface area (Å²) in [6.45, 7) is 3.71. The van der Waals surface area contributed by atoms with E-state index in [1.54, 1.807) is 26.0 Å². The number of allylic oxidation sites excluding steroid dienone is 2. The van der Waals surface area contributed by atoms with Gasteiger partial charge in [0.25, 0.3) is 0 Å². The quantitative estimate of drug-likeness (QED) is 0.675. The van der Waals surface area contributed by atoms with Crippen LogP contribution in [0.5, 0.6) is 0 Å². The minimum Gasteiger partial charge on any atom is -0.465 e. The molecule has 132 valence electrons. The normalized spacial score (nSPS) is 26.1. The Labute approximate surface area is 145 Å². The molecule has 0 saturated carbocycles. The van der Waals surface area contributed by atoms with Crippen molar-refractivity contribution in [3.8, 4) is 0 Å². The van der Waals surface area contributed by atoms with Crippen LogP contribution < -0.4 is 5.32 Å². The summed E-state index contributed by atoms with van der Waals surface area (Å²) in [5.41, 5.74) is 1.71. The number of ether oxygens (including phenoxy) is 1. The van der Waals surface area contributed by atoms with Crippen molar-refractivity contribution in [3.63, 3.8) is 0 Å². The first-order valence-electron chi connectivity index (χ1n) is 8.41. The lowest BCUT2D eigenvalue weighted by atomic mass is 9.70. The molecule has 1 aromatic rings. The summed E-state index contributed by atoms with van der Waals surface area (Å²) < 4.78 is 18.3. The summed E-state index contributed by atoms with van der Waals surface area (Å²) in [7, 11) is 0. The van der Waals surface area contributed by atoms with E-state index in [0.29, 0.717) is 23.3 Å². The van der Waals surface area contributed by atoms with E-state index in [9.17, 15) is 18.8 Å². The zero-order valence-electron chi connectivity index (χ0n) is 14.2. The summed E-state index contributed by atoms with van der Waals surface area (Å²) in [4.78, 5) is 37.4. The number of carbonyl (C=O) groups excluding carboxylic acids is 3. The lowest BCUT2D eigenvalue weighted by Crippen LogP contribution is -2.44. The van der Waals surface area contributed by atoms with E-state index in [4.69, 9.17) is 4.74 Å². The molecule has 3 atom stereocenters. The third-order valence-electron chi connectivity index (χ3n) is 4.81. The molecule has 1 aliphatic carbocycles. The predicted molar refractivity (Wildman–Crippen MR) is 87.8 cm³/mol. The Kier molecular flexibility index (Phi) is 4.70. The van der Waals surface area contributed by atoms with Gasteiger partial charge in [-0.2, -0.15) is 0 Å². The Morgan fingerprint density at radius 3 is 2.56 bits per heavy atom. The van der Waals surface area contributed by atoms with Crippen LogP contribution >= 0.6 is 0 Å². The molecule has 1 N–H and O–H groups in total. The van der Waals surface area contributed by atoms with E-state index in [2.05, 4.69) is 5.32 Å². The number of Topliss-reactive ketones (excluding diaryl/α,β-unsaturated/α-hetero) is 1. The molecule has 0 bridgehead atoms. The SMILES string of the molecule is CCOC(=O)C1C(=O)C2=C(CC1C)NC(=O)CC2c1ccc(F)cc1. The molecule has 2 aliphatic rings. The molecule has 6 heteroatoms. The molecular weight excluding hydrogens is 325 g/mol. The number of esters is 1. The fourth-order valence-electron chi connectivity index (χ4n) is 3.68. The van der Waals surface area contributed by atoms with E-state index in [-0.39, 0.29) is 36.5 Å². The highest BCUT2D eigenvalue weighted by Crippen LogP contribution is 2.42. The van der Waals surface area contributed by atoms with Gasteiger partial charge in [0, 0.05) is 23.6 Å². The molecule has 0 fully saturated rings. The fraction of sp³-hybridized carbons (Fsp3) is 0.421. The van der Waals surface area contributed by atoms with E-state index < -0.39 is 17.8 Å². The minimum absolute atomic E-state index is 0.0974. The van der Waals surface area contributed by atoms with Crippen molar-refractivity contribution >= 4 is 17.7 Å². The van der Waals surface area contributed by atoms with Gasteiger partial charge in [0.15, 0.2) is 5.78 Å². The maximum Gasteiger partial charge on any atom is 0.317 e. The standard InChI is InChI=1S/C19H20FNO4/c1-3-25-19(24)16-10(2)8-14-17(18(16)23)13(9-15(22)21-14)11-4-6-12(20)7-5-11/h4-7,10,13,16H,3,8-9H2,1-2H3,(H,21,22). The van der Waals surface area contributed by atoms with Crippen molar-refractivity contribution in [2.24, 2.45) is 11.8 Å². The molecule has 25 heavy (non-hydrogen) atoms. The average molecular weight is 345 g/mol. The fourth-order valence-corrected chi connectivity index (χ4v) is 3.68. The van der Waals surface area contributed by atoms with Gasteiger partial charge in [-0.3, -0.25) is 14.4 Å². The van der Waals surface area contributed by atoms with E-state index in [0.717, 1.165) is 0 Å². The van der Waals surface area contributed by atoms with E-state index >= 15 is 0 Å². The number of benzene rings is 1. The van der Waals surface area contributed by atoms with Crippen molar-refractivity contribution in [2.75, 3.05) is 6.61 Å². The van der Waals surface area contributed by atoms with Crippen LogP contribution in [0.15, 0.2) is 35.5 Å². The molecule has 1 aliphatic heterocycles. The van der Waals surface area contributed by atoms with Gasteiger partial charge in [-0.1, -0.05) is 19.1 Å². The Balaban J connectivity index is 2.02. The number of hydrogen-bond donors (Lipinski definition) is 1. The number of carbonyl (C=O) groups is 3. The highest BCUT2D eigenvalue weighted by molar-refractivity contribution is 6.11. The highest BCUT2D eigenvalue weighted by Gasteiger charge is 2.45. The highest BCUT2D eigenvalue weighted by atomic mass is 19.1. The molecular formula is C19H20FNO4. The van der Waals surface area contributed by atoms with Gasteiger partial charge in [-0.05, 0) is 37.0 Å². The van der Waals surface area contributed by atoms with Gasteiger partial charge < -0.3 is 10.1 Å². The summed E-state index contributed by atoms with van der Waals surface area (Å²) in [6, 6.07) is 5.77. The first-order chi connectivity index (χ1) is 11.9. The molecule has 0 saturated heterocycles. The van der Waals surface area contributed by atoms with Gasteiger partial charge in [0.2, 0.25) is 5.91 Å². The van der Waals surface area contributed by atoms with Crippen molar-refractivity contribution < 1.29 is 23.5 Å². The molecule has 3 rings (SSSR count). The smallest absolute Gasteiger partial charge is 0.317 e. The third kappa shape index (κ3) is 3.21. The van der Waals surface area contributed by atoms with Crippen LogP contribution in [0.3, 0.4) is 0 Å². The van der Waals surface area contributed by atoms with Crippen LogP contribution in [0.25, 0.3) is 0 Å². The maximum atomic E-state index is 13.2. The lowest BCUT2D eigenvalue weighted by Gasteiger charge is -2.36. The molecule has 0 aromatic heterocycles. The number of amides is 1. The van der Waals surface area contributed by atoms with Gasteiger partial charge in [0.1, 0.15) is 11.7 Å². The number of hydrogen-bond acceptors (Lipinski definition) is 4. The maximum absolute atomic E-state index is 13.2. The molecule has 1 amide bonds. The van der Waals surface area contributed by atoms with Crippen molar-refractivity contribution in [1.82, 2.24) is 5.32 Å². The van der Waals surface area contributed by atoms with Crippen molar-refractivity contribution in [2.45, 2.75) is 32.6 Å². The van der Waals surface area contributed by atoms with Crippen LogP contribution in [0.4, 0.5) is 4.39 Å². The van der Waals surface area contributed by atoms with Crippen LogP contribution in [-0.2, 0) is 19.1 Å². The predicted octanol–water partition coefficient (Wildman–Crippen LogP) is 2.47.